The molecule has 0 unspecified atom stereocenters. The van der Waals surface area contributed by atoms with Crippen molar-refractivity contribution in [3.63, 3.8) is 0 Å². The van der Waals surface area contributed by atoms with Gasteiger partial charge in [-0.2, -0.15) is 0 Å². The molecule has 0 saturated carbocycles. The number of fused-ring (bicyclic) bond motifs is 2. The van der Waals surface area contributed by atoms with Crippen molar-refractivity contribution in [1.82, 2.24) is 0 Å². The quantitative estimate of drug-likeness (QED) is 0.567. The maximum atomic E-state index is 4.68. The Morgan fingerprint density at radius 3 is 2.68 bits per heavy atom. The number of amidine groups is 1. The molecule has 0 bridgehead atoms. The van der Waals surface area contributed by atoms with E-state index in [-0.39, 0.29) is 0 Å². The summed E-state index contributed by atoms with van der Waals surface area (Å²) >= 11 is 0. The Bertz CT molecular complexity index is 860. The molecule has 1 N–H and O–H groups in total. The van der Waals surface area contributed by atoms with E-state index in [1.54, 1.807) is 0 Å². The van der Waals surface area contributed by atoms with Gasteiger partial charge in [0.2, 0.25) is 0 Å². The zero-order chi connectivity index (χ0) is 13.0. The van der Waals surface area contributed by atoms with Crippen LogP contribution < -0.4 is 5.32 Å². The molecule has 4 rings (SSSR count). The molecule has 92 valence electrons. The third kappa shape index (κ3) is 1.40. The van der Waals surface area contributed by atoms with Crippen LogP contribution in [0.5, 0.6) is 0 Å². The fourth-order valence-electron chi connectivity index (χ4n) is 2.90. The minimum absolute atomic E-state index is 0.958. The zero-order valence-electron chi connectivity index (χ0n) is 11.0. The van der Waals surface area contributed by atoms with Crippen LogP contribution in [-0.2, 0) is 0 Å². The van der Waals surface area contributed by atoms with Crippen LogP contribution >= 0.6 is 0 Å². The molecule has 2 heteroatoms. The number of hydrogen-bond acceptors (Lipinski definition) is 2. The molecule has 2 nitrogen and oxygen atoms in total. The lowest BCUT2D eigenvalue weighted by Gasteiger charge is -2.20. The van der Waals surface area contributed by atoms with E-state index >= 15 is 0 Å². The fraction of sp³-hybridized carbons (Fsp3) is 0.118. The predicted molar refractivity (Wildman–Crippen MR) is 82.6 cm³/mol. The van der Waals surface area contributed by atoms with E-state index in [1.807, 2.05) is 6.92 Å². The van der Waals surface area contributed by atoms with Crippen molar-refractivity contribution in [3.05, 3.63) is 48.0 Å². The largest absolute Gasteiger partial charge is 0.343 e. The third-order valence-corrected chi connectivity index (χ3v) is 3.79. The SMILES string of the molecule is CC1=Nc2c(C)ccc3cc4ccccc4c(c23)N1. The number of nitrogens with one attached hydrogen (secondary N) is 1. The van der Waals surface area contributed by atoms with Gasteiger partial charge >= 0.3 is 0 Å². The average molecular weight is 246 g/mol. The highest BCUT2D eigenvalue weighted by molar-refractivity contribution is 6.22. The number of nitrogens with zero attached hydrogens (tertiary/aromatic N) is 1. The topological polar surface area (TPSA) is 24.4 Å². The summed E-state index contributed by atoms with van der Waals surface area (Å²) in [7, 11) is 0. The molecule has 0 saturated heterocycles. The van der Waals surface area contributed by atoms with Gasteiger partial charge in [0.25, 0.3) is 0 Å². The van der Waals surface area contributed by atoms with Crippen molar-refractivity contribution < 1.29 is 0 Å². The Morgan fingerprint density at radius 2 is 1.79 bits per heavy atom. The minimum Gasteiger partial charge on any atom is -0.343 e. The fourth-order valence-corrected chi connectivity index (χ4v) is 2.90. The summed E-state index contributed by atoms with van der Waals surface area (Å²) in [6, 6.07) is 15.1. The maximum absolute atomic E-state index is 4.68. The summed E-state index contributed by atoms with van der Waals surface area (Å²) < 4.78 is 0. The molecule has 0 radical (unpaired) electrons. The predicted octanol–water partition coefficient (Wildman–Crippen LogP) is 4.78. The molecule has 1 heterocycles. The van der Waals surface area contributed by atoms with E-state index in [1.165, 1.54) is 32.8 Å². The molecule has 0 fully saturated rings. The number of benzene rings is 3. The molecule has 0 aromatic heterocycles. The lowest BCUT2D eigenvalue weighted by Crippen LogP contribution is -2.11. The van der Waals surface area contributed by atoms with Crippen molar-refractivity contribution in [2.75, 3.05) is 5.32 Å². The molecule has 0 spiro atoms. The normalized spacial score (nSPS) is 13.5. The molecule has 0 aliphatic carbocycles. The summed E-state index contributed by atoms with van der Waals surface area (Å²) in [6.07, 6.45) is 0. The number of hydrogen-bond donors (Lipinski definition) is 1. The van der Waals surface area contributed by atoms with E-state index in [2.05, 4.69) is 59.7 Å². The third-order valence-electron chi connectivity index (χ3n) is 3.79. The van der Waals surface area contributed by atoms with Crippen molar-refractivity contribution in [2.24, 2.45) is 4.99 Å². The van der Waals surface area contributed by atoms with Gasteiger partial charge in [0.05, 0.1) is 11.4 Å². The van der Waals surface area contributed by atoms with E-state index in [4.69, 9.17) is 0 Å². The second-order valence-corrected chi connectivity index (χ2v) is 5.12. The lowest BCUT2D eigenvalue weighted by atomic mass is 9.96. The molecular formula is C17H14N2. The maximum Gasteiger partial charge on any atom is 0.104 e. The second-order valence-electron chi connectivity index (χ2n) is 5.12. The van der Waals surface area contributed by atoms with Gasteiger partial charge in [-0.1, -0.05) is 36.4 Å². The van der Waals surface area contributed by atoms with Crippen molar-refractivity contribution in [1.29, 1.82) is 0 Å². The van der Waals surface area contributed by atoms with Gasteiger partial charge < -0.3 is 5.32 Å². The zero-order valence-corrected chi connectivity index (χ0v) is 11.0. The Morgan fingerprint density at radius 1 is 0.947 bits per heavy atom. The smallest absolute Gasteiger partial charge is 0.104 e. The number of aryl methyl sites for hydroxylation is 1. The van der Waals surface area contributed by atoms with Crippen LogP contribution in [0.2, 0.25) is 0 Å². The number of rotatable bonds is 0. The van der Waals surface area contributed by atoms with Crippen LogP contribution in [0.1, 0.15) is 12.5 Å². The molecule has 3 aromatic rings. The Labute approximate surface area is 111 Å². The molecule has 1 aliphatic heterocycles. The van der Waals surface area contributed by atoms with Gasteiger partial charge in [-0.05, 0) is 36.2 Å². The van der Waals surface area contributed by atoms with Gasteiger partial charge in [-0.25, -0.2) is 4.99 Å². The lowest BCUT2D eigenvalue weighted by molar-refractivity contribution is 1.39. The average Bonchev–Trinajstić information content (AvgIpc) is 2.42. The van der Waals surface area contributed by atoms with E-state index in [0.29, 0.717) is 0 Å². The van der Waals surface area contributed by atoms with Crippen LogP contribution in [-0.4, -0.2) is 5.84 Å². The molecular weight excluding hydrogens is 232 g/mol. The van der Waals surface area contributed by atoms with E-state index in [9.17, 15) is 0 Å². The molecule has 19 heavy (non-hydrogen) atoms. The summed E-state index contributed by atoms with van der Waals surface area (Å²) in [4.78, 5) is 4.68. The highest BCUT2D eigenvalue weighted by Crippen LogP contribution is 2.42. The van der Waals surface area contributed by atoms with Crippen LogP contribution in [0.3, 0.4) is 0 Å². The highest BCUT2D eigenvalue weighted by atomic mass is 15.0. The van der Waals surface area contributed by atoms with E-state index < -0.39 is 0 Å². The summed E-state index contributed by atoms with van der Waals surface area (Å²) in [5.41, 5.74) is 3.53. The van der Waals surface area contributed by atoms with Crippen molar-refractivity contribution in [3.8, 4) is 0 Å². The first-order chi connectivity index (χ1) is 9.24. The van der Waals surface area contributed by atoms with Crippen molar-refractivity contribution >= 4 is 38.8 Å². The Kier molecular flexibility index (Phi) is 1.99. The van der Waals surface area contributed by atoms with Crippen LogP contribution in [0.4, 0.5) is 11.4 Å². The first-order valence-corrected chi connectivity index (χ1v) is 6.51. The molecule has 0 amide bonds. The molecule has 0 atom stereocenters. The van der Waals surface area contributed by atoms with Gasteiger partial charge in [-0.15, -0.1) is 0 Å². The van der Waals surface area contributed by atoms with Gasteiger partial charge in [0.15, 0.2) is 0 Å². The summed E-state index contributed by atoms with van der Waals surface area (Å²) in [5, 5.41) is 8.46. The highest BCUT2D eigenvalue weighted by Gasteiger charge is 2.16. The van der Waals surface area contributed by atoms with Gasteiger partial charge in [-0.3, -0.25) is 0 Å². The Balaban J connectivity index is 2.30. The van der Waals surface area contributed by atoms with Crippen LogP contribution in [0, 0.1) is 6.92 Å². The summed E-state index contributed by atoms with van der Waals surface area (Å²) in [6.45, 7) is 4.14. The standard InChI is InChI=1S/C17H14N2/c1-10-7-8-13-9-12-5-3-4-6-14(12)17-15(13)16(10)18-11(2)19-17/h3-9H,1-2H3,(H,18,19). The Hall–Kier alpha value is -2.35. The second kappa shape index (κ2) is 3.58. The first kappa shape index (κ1) is 10.6. The molecule has 1 aliphatic rings. The van der Waals surface area contributed by atoms with Crippen molar-refractivity contribution in [2.45, 2.75) is 13.8 Å². The molecule has 3 aromatic carbocycles. The van der Waals surface area contributed by atoms with Gasteiger partial charge in [0.1, 0.15) is 5.84 Å². The van der Waals surface area contributed by atoms with E-state index in [0.717, 1.165) is 11.5 Å². The van der Waals surface area contributed by atoms with Crippen LogP contribution in [0.15, 0.2) is 47.5 Å². The summed E-state index contributed by atoms with van der Waals surface area (Å²) in [5.74, 6) is 0.958. The number of anilines is 1. The monoisotopic (exact) mass is 246 g/mol. The first-order valence-electron chi connectivity index (χ1n) is 6.51. The van der Waals surface area contributed by atoms with Gasteiger partial charge in [0, 0.05) is 10.8 Å². The minimum atomic E-state index is 0.958. The number of aliphatic imine (C=N–C) groups is 1. The van der Waals surface area contributed by atoms with Crippen LogP contribution in [0.25, 0.3) is 21.5 Å².